The van der Waals surface area contributed by atoms with Crippen LogP contribution in [0.3, 0.4) is 0 Å². The Hall–Kier alpha value is -3.08. The van der Waals surface area contributed by atoms with Crippen molar-refractivity contribution in [2.45, 2.75) is 26.7 Å². The second-order valence-electron chi connectivity index (χ2n) is 6.58. The molecule has 2 aromatic carbocycles. The van der Waals surface area contributed by atoms with Crippen LogP contribution in [0.2, 0.25) is 0 Å². The number of methoxy groups -OCH3 is 1. The van der Waals surface area contributed by atoms with Crippen LogP contribution < -0.4 is 4.74 Å². The highest BCUT2D eigenvalue weighted by molar-refractivity contribution is 5.98. The Morgan fingerprint density at radius 1 is 0.964 bits per heavy atom. The number of carbonyl (C=O) groups excluding carboxylic acids is 1. The summed E-state index contributed by atoms with van der Waals surface area (Å²) in [6, 6.07) is 17.1. The molecule has 3 aromatic rings. The van der Waals surface area contributed by atoms with Crippen molar-refractivity contribution in [3.8, 4) is 28.5 Å². The van der Waals surface area contributed by atoms with Crippen LogP contribution in [0.5, 0.6) is 5.75 Å². The van der Waals surface area contributed by atoms with Crippen molar-refractivity contribution in [3.63, 3.8) is 0 Å². The summed E-state index contributed by atoms with van der Waals surface area (Å²) >= 11 is 0. The van der Waals surface area contributed by atoms with Gasteiger partial charge in [0, 0.05) is 24.2 Å². The molecular weight excluding hydrogens is 352 g/mol. The van der Waals surface area contributed by atoms with Crippen molar-refractivity contribution >= 4 is 5.91 Å². The lowest BCUT2D eigenvalue weighted by Crippen LogP contribution is -2.33. The summed E-state index contributed by atoms with van der Waals surface area (Å²) in [7, 11) is 1.63. The van der Waals surface area contributed by atoms with Crippen molar-refractivity contribution < 1.29 is 13.9 Å². The van der Waals surface area contributed by atoms with Gasteiger partial charge in [-0.1, -0.05) is 44.2 Å². The van der Waals surface area contributed by atoms with Crippen molar-refractivity contribution in [1.82, 2.24) is 9.88 Å². The summed E-state index contributed by atoms with van der Waals surface area (Å²) in [4.78, 5) is 19.7. The third kappa shape index (κ3) is 4.25. The van der Waals surface area contributed by atoms with Crippen LogP contribution >= 0.6 is 0 Å². The van der Waals surface area contributed by atoms with Crippen LogP contribution in [-0.2, 0) is 0 Å². The normalized spacial score (nSPS) is 10.7. The van der Waals surface area contributed by atoms with Gasteiger partial charge in [0.15, 0.2) is 11.5 Å². The van der Waals surface area contributed by atoms with E-state index in [9.17, 15) is 4.79 Å². The highest BCUT2D eigenvalue weighted by Crippen LogP contribution is 2.31. The zero-order valence-corrected chi connectivity index (χ0v) is 16.6. The molecule has 0 unspecified atom stereocenters. The molecular formula is C23H26N2O3. The Labute approximate surface area is 166 Å². The maximum Gasteiger partial charge on any atom is 0.276 e. The first-order valence-electron chi connectivity index (χ1n) is 9.67. The Bertz CT molecular complexity index is 895. The van der Waals surface area contributed by atoms with Crippen LogP contribution in [0.1, 0.15) is 37.2 Å². The van der Waals surface area contributed by atoms with Crippen molar-refractivity contribution in [2.75, 3.05) is 20.2 Å². The number of carbonyl (C=O) groups is 1. The van der Waals surface area contributed by atoms with E-state index in [0.717, 1.165) is 29.7 Å². The van der Waals surface area contributed by atoms with E-state index in [1.165, 1.54) is 0 Å². The van der Waals surface area contributed by atoms with Gasteiger partial charge < -0.3 is 14.1 Å². The number of ether oxygens (including phenoxy) is 1. The molecule has 1 heterocycles. The molecule has 28 heavy (non-hydrogen) atoms. The molecule has 0 aliphatic carbocycles. The standard InChI is InChI=1S/C23H26N2O3/c1-4-15-25(16-5-2)23(26)20-21(17-9-7-6-8-10-17)28-22(24-20)18-11-13-19(27-3)14-12-18/h6-14H,4-5,15-16H2,1-3H3. The zero-order valence-electron chi connectivity index (χ0n) is 16.6. The maximum atomic E-state index is 13.2. The molecule has 0 radical (unpaired) electrons. The number of hydrogen-bond donors (Lipinski definition) is 0. The largest absolute Gasteiger partial charge is 0.497 e. The fraction of sp³-hybridized carbons (Fsp3) is 0.304. The third-order valence-corrected chi connectivity index (χ3v) is 4.48. The number of benzene rings is 2. The van der Waals surface area contributed by atoms with Gasteiger partial charge in [-0.15, -0.1) is 0 Å². The van der Waals surface area contributed by atoms with E-state index in [-0.39, 0.29) is 5.91 Å². The van der Waals surface area contributed by atoms with E-state index < -0.39 is 0 Å². The lowest BCUT2D eigenvalue weighted by molar-refractivity contribution is 0.0750. The number of nitrogens with zero attached hydrogens (tertiary/aromatic N) is 2. The van der Waals surface area contributed by atoms with Crippen LogP contribution in [0.4, 0.5) is 0 Å². The molecule has 5 nitrogen and oxygen atoms in total. The number of oxazole rings is 1. The minimum Gasteiger partial charge on any atom is -0.497 e. The Morgan fingerprint density at radius 2 is 1.61 bits per heavy atom. The average Bonchev–Trinajstić information content (AvgIpc) is 3.19. The van der Waals surface area contributed by atoms with E-state index in [0.29, 0.717) is 30.4 Å². The smallest absolute Gasteiger partial charge is 0.276 e. The molecule has 0 N–H and O–H groups in total. The van der Waals surface area contributed by atoms with E-state index in [2.05, 4.69) is 18.8 Å². The van der Waals surface area contributed by atoms with Crippen molar-refractivity contribution in [1.29, 1.82) is 0 Å². The molecule has 1 amide bonds. The SMILES string of the molecule is CCCN(CCC)C(=O)c1nc(-c2ccc(OC)cc2)oc1-c1ccccc1. The fourth-order valence-electron chi connectivity index (χ4n) is 3.11. The highest BCUT2D eigenvalue weighted by Gasteiger charge is 2.25. The molecule has 0 saturated carbocycles. The van der Waals surface area contributed by atoms with Gasteiger partial charge in [-0.2, -0.15) is 0 Å². The number of aromatic nitrogens is 1. The third-order valence-electron chi connectivity index (χ3n) is 4.48. The first-order chi connectivity index (χ1) is 13.7. The topological polar surface area (TPSA) is 55.6 Å². The molecule has 0 aliphatic heterocycles. The molecule has 0 aliphatic rings. The van der Waals surface area contributed by atoms with Gasteiger partial charge in [0.05, 0.1) is 7.11 Å². The summed E-state index contributed by atoms with van der Waals surface area (Å²) in [5.74, 6) is 1.60. The summed E-state index contributed by atoms with van der Waals surface area (Å²) < 4.78 is 11.3. The summed E-state index contributed by atoms with van der Waals surface area (Å²) in [6.07, 6.45) is 1.80. The van der Waals surface area contributed by atoms with Crippen LogP contribution in [-0.4, -0.2) is 36.0 Å². The maximum absolute atomic E-state index is 13.2. The lowest BCUT2D eigenvalue weighted by Gasteiger charge is -2.20. The monoisotopic (exact) mass is 378 g/mol. The Kier molecular flexibility index (Phi) is 6.48. The predicted molar refractivity (Wildman–Crippen MR) is 110 cm³/mol. The second kappa shape index (κ2) is 9.22. The van der Waals surface area contributed by atoms with Gasteiger partial charge >= 0.3 is 0 Å². The van der Waals surface area contributed by atoms with E-state index in [1.54, 1.807) is 7.11 Å². The van der Waals surface area contributed by atoms with E-state index in [4.69, 9.17) is 9.15 Å². The molecule has 0 fully saturated rings. The van der Waals surface area contributed by atoms with Gasteiger partial charge in [-0.25, -0.2) is 4.98 Å². The molecule has 146 valence electrons. The lowest BCUT2D eigenvalue weighted by atomic mass is 10.1. The Balaban J connectivity index is 2.06. The first-order valence-corrected chi connectivity index (χ1v) is 9.67. The summed E-state index contributed by atoms with van der Waals surface area (Å²) in [6.45, 7) is 5.54. The number of hydrogen-bond acceptors (Lipinski definition) is 4. The van der Waals surface area contributed by atoms with E-state index in [1.807, 2.05) is 59.5 Å². The number of rotatable bonds is 8. The first kappa shape index (κ1) is 19.7. The van der Waals surface area contributed by atoms with Gasteiger partial charge in [0.2, 0.25) is 5.89 Å². The van der Waals surface area contributed by atoms with Gasteiger partial charge in [-0.3, -0.25) is 4.79 Å². The van der Waals surface area contributed by atoms with Gasteiger partial charge in [0.1, 0.15) is 5.75 Å². The van der Waals surface area contributed by atoms with Crippen molar-refractivity contribution in [3.05, 3.63) is 60.3 Å². The Morgan fingerprint density at radius 3 is 2.18 bits per heavy atom. The molecule has 0 atom stereocenters. The predicted octanol–water partition coefficient (Wildman–Crippen LogP) is 5.28. The van der Waals surface area contributed by atoms with Gasteiger partial charge in [-0.05, 0) is 37.1 Å². The zero-order chi connectivity index (χ0) is 19.9. The van der Waals surface area contributed by atoms with Crippen LogP contribution in [0.25, 0.3) is 22.8 Å². The quantitative estimate of drug-likeness (QED) is 0.535. The molecule has 0 bridgehead atoms. The second-order valence-corrected chi connectivity index (χ2v) is 6.58. The molecule has 0 saturated heterocycles. The van der Waals surface area contributed by atoms with Crippen molar-refractivity contribution in [2.24, 2.45) is 0 Å². The fourth-order valence-corrected chi connectivity index (χ4v) is 3.11. The van der Waals surface area contributed by atoms with Crippen LogP contribution in [0.15, 0.2) is 59.0 Å². The van der Waals surface area contributed by atoms with E-state index >= 15 is 0 Å². The minimum absolute atomic E-state index is 0.0916. The molecule has 1 aromatic heterocycles. The summed E-state index contributed by atoms with van der Waals surface area (Å²) in [5, 5.41) is 0. The highest BCUT2D eigenvalue weighted by atomic mass is 16.5. The average molecular weight is 378 g/mol. The molecule has 0 spiro atoms. The molecule has 3 rings (SSSR count). The van der Waals surface area contributed by atoms with Gasteiger partial charge in [0.25, 0.3) is 5.91 Å². The van der Waals surface area contributed by atoms with Crippen LogP contribution in [0, 0.1) is 0 Å². The number of amides is 1. The minimum atomic E-state index is -0.0916. The molecule has 5 heteroatoms. The summed E-state index contributed by atoms with van der Waals surface area (Å²) in [5.41, 5.74) is 2.00.